The molecule has 0 saturated carbocycles. The number of hydrogen-bond donors (Lipinski definition) is 2. The summed E-state index contributed by atoms with van der Waals surface area (Å²) in [5.41, 5.74) is 1.67. The Hall–Kier alpha value is -2.80. The fourth-order valence-corrected chi connectivity index (χ4v) is 3.34. The standard InChI is InChI=1S/C19H23N3O4/c1-26-18-4-2-3-16(10-18)21-8-7-14(13-21)11-20-12-15-9-17(23)5-6-19(15)22(24)25/h2-6,9-10,14,20,23H,7-8,11-13H2,1H3. The monoisotopic (exact) mass is 357 g/mol. The first kappa shape index (κ1) is 18.0. The van der Waals surface area contributed by atoms with Gasteiger partial charge in [0.15, 0.2) is 0 Å². The normalized spacial score (nSPS) is 16.7. The molecule has 0 bridgehead atoms. The average molecular weight is 357 g/mol. The molecule has 26 heavy (non-hydrogen) atoms. The van der Waals surface area contributed by atoms with Crippen LogP contribution in [0.2, 0.25) is 0 Å². The van der Waals surface area contributed by atoms with Gasteiger partial charge >= 0.3 is 0 Å². The Labute approximate surface area is 152 Å². The summed E-state index contributed by atoms with van der Waals surface area (Å²) in [6.07, 6.45) is 1.06. The van der Waals surface area contributed by atoms with Crippen LogP contribution in [0.15, 0.2) is 42.5 Å². The average Bonchev–Trinajstić information content (AvgIpc) is 3.10. The highest BCUT2D eigenvalue weighted by Crippen LogP contribution is 2.27. The number of rotatable bonds is 7. The molecular formula is C19H23N3O4. The van der Waals surface area contributed by atoms with Crippen LogP contribution in [-0.2, 0) is 6.54 Å². The minimum atomic E-state index is -0.420. The van der Waals surface area contributed by atoms with Crippen molar-refractivity contribution in [2.45, 2.75) is 13.0 Å². The minimum Gasteiger partial charge on any atom is -0.508 e. The van der Waals surface area contributed by atoms with Crippen LogP contribution in [-0.4, -0.2) is 36.8 Å². The number of hydrogen-bond acceptors (Lipinski definition) is 6. The Morgan fingerprint density at radius 3 is 2.96 bits per heavy atom. The van der Waals surface area contributed by atoms with Gasteiger partial charge in [0.05, 0.1) is 12.0 Å². The van der Waals surface area contributed by atoms with Gasteiger partial charge in [0.1, 0.15) is 11.5 Å². The second-order valence-electron chi connectivity index (χ2n) is 6.50. The molecule has 7 heteroatoms. The molecule has 0 radical (unpaired) electrons. The Morgan fingerprint density at radius 2 is 2.19 bits per heavy atom. The molecule has 2 N–H and O–H groups in total. The molecule has 1 aliphatic rings. The third-order valence-corrected chi connectivity index (χ3v) is 4.71. The summed E-state index contributed by atoms with van der Waals surface area (Å²) in [6, 6.07) is 12.2. The number of ether oxygens (including phenoxy) is 1. The molecular weight excluding hydrogens is 334 g/mol. The molecule has 1 fully saturated rings. The Bertz CT molecular complexity index is 781. The predicted molar refractivity (Wildman–Crippen MR) is 99.8 cm³/mol. The lowest BCUT2D eigenvalue weighted by atomic mass is 10.1. The van der Waals surface area contributed by atoms with Crippen LogP contribution in [0.3, 0.4) is 0 Å². The lowest BCUT2D eigenvalue weighted by Gasteiger charge is -2.19. The number of nitrogens with zero attached hydrogens (tertiary/aromatic N) is 2. The molecule has 138 valence electrons. The summed E-state index contributed by atoms with van der Waals surface area (Å²) < 4.78 is 5.28. The number of nitro benzene ring substituents is 1. The highest BCUT2D eigenvalue weighted by Gasteiger charge is 2.23. The van der Waals surface area contributed by atoms with E-state index in [1.807, 2.05) is 18.2 Å². The predicted octanol–water partition coefficient (Wildman–Crippen LogP) is 2.93. The summed E-state index contributed by atoms with van der Waals surface area (Å²) in [7, 11) is 1.66. The molecule has 0 aromatic heterocycles. The van der Waals surface area contributed by atoms with Crippen LogP contribution < -0.4 is 15.0 Å². The van der Waals surface area contributed by atoms with Crippen molar-refractivity contribution in [3.63, 3.8) is 0 Å². The molecule has 1 atom stereocenters. The van der Waals surface area contributed by atoms with E-state index in [0.29, 0.717) is 18.0 Å². The summed E-state index contributed by atoms with van der Waals surface area (Å²) >= 11 is 0. The molecule has 2 aromatic carbocycles. The number of phenols is 1. The van der Waals surface area contributed by atoms with Crippen molar-refractivity contribution in [1.29, 1.82) is 0 Å². The number of nitro groups is 1. The number of anilines is 1. The molecule has 1 saturated heterocycles. The Balaban J connectivity index is 1.54. The van der Waals surface area contributed by atoms with Gasteiger partial charge in [-0.1, -0.05) is 6.07 Å². The third-order valence-electron chi connectivity index (χ3n) is 4.71. The van der Waals surface area contributed by atoms with Gasteiger partial charge in [0.25, 0.3) is 5.69 Å². The van der Waals surface area contributed by atoms with Crippen molar-refractivity contribution in [2.75, 3.05) is 31.6 Å². The van der Waals surface area contributed by atoms with E-state index in [1.165, 1.54) is 18.2 Å². The molecule has 2 aromatic rings. The van der Waals surface area contributed by atoms with Crippen LogP contribution in [0.5, 0.6) is 11.5 Å². The number of benzene rings is 2. The maximum atomic E-state index is 11.1. The van der Waals surface area contributed by atoms with Gasteiger partial charge in [-0.15, -0.1) is 0 Å². The first-order valence-corrected chi connectivity index (χ1v) is 8.63. The topological polar surface area (TPSA) is 87.9 Å². The van der Waals surface area contributed by atoms with Crippen molar-refractivity contribution in [3.8, 4) is 11.5 Å². The maximum Gasteiger partial charge on any atom is 0.274 e. The lowest BCUT2D eigenvalue weighted by molar-refractivity contribution is -0.385. The Morgan fingerprint density at radius 1 is 1.35 bits per heavy atom. The SMILES string of the molecule is COc1cccc(N2CCC(CNCc3cc(O)ccc3[N+](=O)[O-])C2)c1. The zero-order valence-corrected chi connectivity index (χ0v) is 14.7. The maximum absolute atomic E-state index is 11.1. The van der Waals surface area contributed by atoms with E-state index >= 15 is 0 Å². The summed E-state index contributed by atoms with van der Waals surface area (Å²) in [5.74, 6) is 1.36. The third kappa shape index (κ3) is 4.23. The first-order chi connectivity index (χ1) is 12.6. The van der Waals surface area contributed by atoms with Gasteiger partial charge in [-0.3, -0.25) is 10.1 Å². The van der Waals surface area contributed by atoms with Gasteiger partial charge in [-0.05, 0) is 36.6 Å². The van der Waals surface area contributed by atoms with Crippen LogP contribution in [0, 0.1) is 16.0 Å². The van der Waals surface area contributed by atoms with Gasteiger partial charge in [-0.25, -0.2) is 0 Å². The summed E-state index contributed by atoms with van der Waals surface area (Å²) in [4.78, 5) is 13.0. The molecule has 0 amide bonds. The number of methoxy groups -OCH3 is 1. The van der Waals surface area contributed by atoms with E-state index < -0.39 is 4.92 Å². The van der Waals surface area contributed by atoms with E-state index in [2.05, 4.69) is 16.3 Å². The quantitative estimate of drug-likeness (QED) is 0.585. The van der Waals surface area contributed by atoms with E-state index in [0.717, 1.165) is 37.5 Å². The lowest BCUT2D eigenvalue weighted by Crippen LogP contribution is -2.26. The van der Waals surface area contributed by atoms with Crippen molar-refractivity contribution < 1.29 is 14.8 Å². The van der Waals surface area contributed by atoms with Gasteiger partial charge < -0.3 is 20.1 Å². The summed E-state index contributed by atoms with van der Waals surface area (Å²) in [5, 5.41) is 23.9. The van der Waals surface area contributed by atoms with Crippen LogP contribution in [0.25, 0.3) is 0 Å². The molecule has 7 nitrogen and oxygen atoms in total. The van der Waals surface area contributed by atoms with Crippen molar-refractivity contribution >= 4 is 11.4 Å². The van der Waals surface area contributed by atoms with E-state index in [-0.39, 0.29) is 11.4 Å². The van der Waals surface area contributed by atoms with Gasteiger partial charge in [0.2, 0.25) is 0 Å². The number of nitrogens with one attached hydrogen (secondary N) is 1. The fourth-order valence-electron chi connectivity index (χ4n) is 3.34. The minimum absolute atomic E-state index is 0.0275. The first-order valence-electron chi connectivity index (χ1n) is 8.63. The van der Waals surface area contributed by atoms with Crippen molar-refractivity contribution in [2.24, 2.45) is 5.92 Å². The van der Waals surface area contributed by atoms with E-state index in [4.69, 9.17) is 4.74 Å². The molecule has 0 spiro atoms. The number of phenolic OH excluding ortho intramolecular Hbond substituents is 1. The molecule has 1 heterocycles. The molecule has 0 aliphatic carbocycles. The zero-order valence-electron chi connectivity index (χ0n) is 14.7. The molecule has 1 unspecified atom stereocenters. The van der Waals surface area contributed by atoms with E-state index in [9.17, 15) is 15.2 Å². The van der Waals surface area contributed by atoms with E-state index in [1.54, 1.807) is 7.11 Å². The second kappa shape index (κ2) is 8.05. The molecule has 3 rings (SSSR count). The highest BCUT2D eigenvalue weighted by atomic mass is 16.6. The fraction of sp³-hybridized carbons (Fsp3) is 0.368. The largest absolute Gasteiger partial charge is 0.508 e. The number of aromatic hydroxyl groups is 1. The second-order valence-corrected chi connectivity index (χ2v) is 6.50. The van der Waals surface area contributed by atoms with Crippen LogP contribution in [0.1, 0.15) is 12.0 Å². The smallest absolute Gasteiger partial charge is 0.274 e. The Kier molecular flexibility index (Phi) is 5.58. The van der Waals surface area contributed by atoms with Crippen molar-refractivity contribution in [1.82, 2.24) is 5.32 Å². The highest BCUT2D eigenvalue weighted by molar-refractivity contribution is 5.51. The van der Waals surface area contributed by atoms with Crippen LogP contribution >= 0.6 is 0 Å². The van der Waals surface area contributed by atoms with Crippen molar-refractivity contribution in [3.05, 3.63) is 58.1 Å². The zero-order chi connectivity index (χ0) is 18.5. The summed E-state index contributed by atoms with van der Waals surface area (Å²) in [6.45, 7) is 3.04. The van der Waals surface area contributed by atoms with Crippen LogP contribution in [0.4, 0.5) is 11.4 Å². The van der Waals surface area contributed by atoms with Gasteiger partial charge in [-0.2, -0.15) is 0 Å². The molecule has 1 aliphatic heterocycles. The van der Waals surface area contributed by atoms with Gasteiger partial charge in [0, 0.05) is 49.6 Å².